The summed E-state index contributed by atoms with van der Waals surface area (Å²) >= 11 is 0. The quantitative estimate of drug-likeness (QED) is 0.834. The predicted octanol–water partition coefficient (Wildman–Crippen LogP) is 2.10. The van der Waals surface area contributed by atoms with Crippen LogP contribution in [0.2, 0.25) is 0 Å². The van der Waals surface area contributed by atoms with Gasteiger partial charge < -0.3 is 9.47 Å². The number of hydrogen-bond acceptors (Lipinski definition) is 5. The Morgan fingerprint density at radius 2 is 1.61 bits per heavy atom. The molecule has 0 saturated carbocycles. The second-order valence-corrected chi connectivity index (χ2v) is 3.01. The summed E-state index contributed by atoms with van der Waals surface area (Å²) < 4.78 is 9.61. The normalized spacial score (nSPS) is 9.17. The zero-order valence-electron chi connectivity index (χ0n) is 11.5. The Bertz CT molecular complexity index is 399. The number of nitrogens with one attached hydrogen (secondary N) is 1. The van der Waals surface area contributed by atoms with Gasteiger partial charge in [0.2, 0.25) is 0 Å². The fourth-order valence-electron chi connectivity index (χ4n) is 1.23. The zero-order valence-corrected chi connectivity index (χ0v) is 11.5. The molecule has 1 heterocycles. The smallest absolute Gasteiger partial charge is 0.359 e. The minimum atomic E-state index is -0.630. The van der Waals surface area contributed by atoms with E-state index in [4.69, 9.17) is 9.47 Å². The van der Waals surface area contributed by atoms with Gasteiger partial charge in [-0.2, -0.15) is 5.10 Å². The first kappa shape index (κ1) is 16.1. The summed E-state index contributed by atoms with van der Waals surface area (Å²) in [7, 11) is 0. The molecule has 0 atom stereocenters. The summed E-state index contributed by atoms with van der Waals surface area (Å²) in [6.07, 6.45) is 0. The van der Waals surface area contributed by atoms with Crippen molar-refractivity contribution in [2.75, 3.05) is 13.2 Å². The van der Waals surface area contributed by atoms with Gasteiger partial charge in [-0.3, -0.25) is 5.10 Å². The molecule has 0 aromatic carbocycles. The minimum Gasteiger partial charge on any atom is -0.462 e. The molecule has 6 heteroatoms. The summed E-state index contributed by atoms with van der Waals surface area (Å²) in [5.41, 5.74) is 0.597. The molecule has 0 unspecified atom stereocenters. The number of esters is 2. The van der Waals surface area contributed by atoms with Crippen molar-refractivity contribution >= 4 is 11.9 Å². The number of carbonyl (C=O) groups excluding carboxylic acids is 2. The molecule has 1 N–H and O–H groups in total. The van der Waals surface area contributed by atoms with E-state index in [2.05, 4.69) is 10.2 Å². The van der Waals surface area contributed by atoms with Crippen LogP contribution in [0.1, 0.15) is 54.2 Å². The molecular formula is C12H20N2O4. The Balaban J connectivity index is 0.00000137. The summed E-state index contributed by atoms with van der Waals surface area (Å²) in [6, 6.07) is 0. The largest absolute Gasteiger partial charge is 0.462 e. The molecular weight excluding hydrogens is 236 g/mol. The molecule has 0 radical (unpaired) electrons. The number of aryl methyl sites for hydroxylation is 1. The molecule has 0 saturated heterocycles. The van der Waals surface area contributed by atoms with E-state index in [-0.39, 0.29) is 24.5 Å². The van der Waals surface area contributed by atoms with Crippen LogP contribution in [0.15, 0.2) is 0 Å². The third-order valence-electron chi connectivity index (χ3n) is 1.90. The van der Waals surface area contributed by atoms with Crippen molar-refractivity contribution in [1.82, 2.24) is 10.2 Å². The number of hydrogen-bond donors (Lipinski definition) is 1. The van der Waals surface area contributed by atoms with Crippen molar-refractivity contribution in [2.45, 2.75) is 34.6 Å². The van der Waals surface area contributed by atoms with Gasteiger partial charge in [-0.05, 0) is 20.8 Å². The van der Waals surface area contributed by atoms with Gasteiger partial charge >= 0.3 is 11.9 Å². The molecule has 0 spiro atoms. The van der Waals surface area contributed by atoms with E-state index >= 15 is 0 Å². The predicted molar refractivity (Wildman–Crippen MR) is 66.6 cm³/mol. The van der Waals surface area contributed by atoms with Crippen LogP contribution in [0.4, 0.5) is 0 Å². The van der Waals surface area contributed by atoms with Crippen LogP contribution in [0.25, 0.3) is 0 Å². The maximum absolute atomic E-state index is 11.6. The molecule has 0 bridgehead atoms. The Morgan fingerprint density at radius 3 is 2.11 bits per heavy atom. The summed E-state index contributed by atoms with van der Waals surface area (Å²) in [6.45, 7) is 9.49. The maximum Gasteiger partial charge on any atom is 0.359 e. The number of rotatable bonds is 4. The second kappa shape index (κ2) is 8.27. The lowest BCUT2D eigenvalue weighted by Gasteiger charge is -2.03. The Morgan fingerprint density at radius 1 is 1.11 bits per heavy atom. The molecule has 18 heavy (non-hydrogen) atoms. The summed E-state index contributed by atoms with van der Waals surface area (Å²) in [5, 5.41) is 6.30. The van der Waals surface area contributed by atoms with Crippen LogP contribution >= 0.6 is 0 Å². The number of H-pyrrole nitrogens is 1. The Labute approximate surface area is 107 Å². The number of ether oxygens (including phenoxy) is 2. The van der Waals surface area contributed by atoms with E-state index in [1.807, 2.05) is 13.8 Å². The number of aromatic nitrogens is 2. The van der Waals surface area contributed by atoms with Crippen LogP contribution in [0, 0.1) is 6.92 Å². The SMILES string of the molecule is CC.CCOC(=O)c1n[nH]c(C)c1C(=O)OCC. The van der Waals surface area contributed by atoms with Crippen molar-refractivity contribution in [3.63, 3.8) is 0 Å². The van der Waals surface area contributed by atoms with Crippen molar-refractivity contribution in [3.8, 4) is 0 Å². The zero-order chi connectivity index (χ0) is 14.1. The van der Waals surface area contributed by atoms with Gasteiger partial charge in [-0.1, -0.05) is 13.8 Å². The van der Waals surface area contributed by atoms with Gasteiger partial charge in [0.1, 0.15) is 5.56 Å². The van der Waals surface area contributed by atoms with E-state index in [1.54, 1.807) is 20.8 Å². The van der Waals surface area contributed by atoms with E-state index in [1.165, 1.54) is 0 Å². The average molecular weight is 256 g/mol. The Hall–Kier alpha value is -1.85. The lowest BCUT2D eigenvalue weighted by atomic mass is 10.2. The first-order valence-corrected chi connectivity index (χ1v) is 6.01. The van der Waals surface area contributed by atoms with Gasteiger partial charge in [0.05, 0.1) is 13.2 Å². The first-order chi connectivity index (χ1) is 8.61. The molecule has 0 fully saturated rings. The highest BCUT2D eigenvalue weighted by Crippen LogP contribution is 2.13. The molecule has 1 aromatic heterocycles. The first-order valence-electron chi connectivity index (χ1n) is 6.01. The van der Waals surface area contributed by atoms with Crippen molar-refractivity contribution in [3.05, 3.63) is 17.0 Å². The van der Waals surface area contributed by atoms with Crippen LogP contribution in [-0.2, 0) is 9.47 Å². The third kappa shape index (κ3) is 3.87. The lowest BCUT2D eigenvalue weighted by molar-refractivity contribution is 0.0475. The van der Waals surface area contributed by atoms with Crippen molar-refractivity contribution in [2.24, 2.45) is 0 Å². The molecule has 6 nitrogen and oxygen atoms in total. The second-order valence-electron chi connectivity index (χ2n) is 3.01. The van der Waals surface area contributed by atoms with Crippen molar-refractivity contribution in [1.29, 1.82) is 0 Å². The fourth-order valence-corrected chi connectivity index (χ4v) is 1.23. The van der Waals surface area contributed by atoms with Crippen LogP contribution < -0.4 is 0 Å². The maximum atomic E-state index is 11.6. The number of aromatic amines is 1. The van der Waals surface area contributed by atoms with E-state index in [0.29, 0.717) is 5.69 Å². The van der Waals surface area contributed by atoms with Crippen LogP contribution in [0.5, 0.6) is 0 Å². The molecule has 0 aliphatic rings. The fraction of sp³-hybridized carbons (Fsp3) is 0.583. The summed E-state index contributed by atoms with van der Waals surface area (Å²) in [5.74, 6) is -1.20. The van der Waals surface area contributed by atoms with Crippen LogP contribution in [0.3, 0.4) is 0 Å². The lowest BCUT2D eigenvalue weighted by Crippen LogP contribution is -2.13. The van der Waals surface area contributed by atoms with Gasteiger partial charge in [0, 0.05) is 5.69 Å². The van der Waals surface area contributed by atoms with Gasteiger partial charge in [0.15, 0.2) is 5.69 Å². The van der Waals surface area contributed by atoms with E-state index in [0.717, 1.165) is 0 Å². The van der Waals surface area contributed by atoms with E-state index in [9.17, 15) is 9.59 Å². The molecule has 0 amide bonds. The highest BCUT2D eigenvalue weighted by molar-refractivity contribution is 6.02. The number of carbonyl (C=O) groups is 2. The standard InChI is InChI=1S/C10H14N2O4.C2H6/c1-4-15-9(13)7-6(3)11-12-8(7)10(14)16-5-2;1-2/h4-5H2,1-3H3,(H,11,12);1-2H3. The molecule has 0 aliphatic heterocycles. The van der Waals surface area contributed by atoms with Gasteiger partial charge in [-0.25, -0.2) is 9.59 Å². The molecule has 102 valence electrons. The molecule has 1 rings (SSSR count). The average Bonchev–Trinajstić information content (AvgIpc) is 2.74. The van der Waals surface area contributed by atoms with Gasteiger partial charge in [0.25, 0.3) is 0 Å². The van der Waals surface area contributed by atoms with E-state index < -0.39 is 11.9 Å². The summed E-state index contributed by atoms with van der Waals surface area (Å²) in [4.78, 5) is 23.0. The van der Waals surface area contributed by atoms with Crippen molar-refractivity contribution < 1.29 is 19.1 Å². The molecule has 0 aliphatic carbocycles. The highest BCUT2D eigenvalue weighted by Gasteiger charge is 2.25. The minimum absolute atomic E-state index is 0.0298. The molecule has 1 aromatic rings. The Kier molecular flexibility index (Phi) is 7.42. The van der Waals surface area contributed by atoms with Gasteiger partial charge in [-0.15, -0.1) is 0 Å². The van der Waals surface area contributed by atoms with Crippen LogP contribution in [-0.4, -0.2) is 35.3 Å². The monoisotopic (exact) mass is 256 g/mol. The highest BCUT2D eigenvalue weighted by atomic mass is 16.5. The number of nitrogens with zero attached hydrogens (tertiary/aromatic N) is 1. The topological polar surface area (TPSA) is 81.3 Å². The third-order valence-corrected chi connectivity index (χ3v) is 1.90.